The highest BCUT2D eigenvalue weighted by atomic mass is 19.1. The van der Waals surface area contributed by atoms with Gasteiger partial charge in [0.15, 0.2) is 0 Å². The van der Waals surface area contributed by atoms with Gasteiger partial charge in [-0.05, 0) is 31.4 Å². The molecule has 1 aliphatic rings. The number of amides is 2. The zero-order valence-corrected chi connectivity index (χ0v) is 12.9. The van der Waals surface area contributed by atoms with Crippen LogP contribution in [0.2, 0.25) is 0 Å². The average molecular weight is 326 g/mol. The number of aliphatic hydroxyl groups is 1. The molecule has 2 rings (SSSR count). The van der Waals surface area contributed by atoms with Gasteiger partial charge in [0, 0.05) is 24.8 Å². The van der Waals surface area contributed by atoms with Crippen LogP contribution in [0.3, 0.4) is 0 Å². The number of hydrogen-bond donors (Lipinski definition) is 2. The third-order valence-electron chi connectivity index (χ3n) is 3.93. The SMILES string of the molecule is CCC(O)CCNC(=O)C1CCN(c2cc(F)cc(F)c2)C1=O. The number of carbonyl (C=O) groups is 2. The lowest BCUT2D eigenvalue weighted by Crippen LogP contribution is -2.37. The van der Waals surface area contributed by atoms with E-state index in [1.54, 1.807) is 0 Å². The maximum atomic E-state index is 13.3. The van der Waals surface area contributed by atoms with Gasteiger partial charge in [0.2, 0.25) is 11.8 Å². The van der Waals surface area contributed by atoms with E-state index in [0.29, 0.717) is 19.3 Å². The standard InChI is InChI=1S/C16H20F2N2O3/c1-2-13(21)3-5-19-15(22)14-4-6-20(16(14)23)12-8-10(17)7-11(18)9-12/h7-9,13-14,21H,2-6H2,1H3,(H,19,22). The summed E-state index contributed by atoms with van der Waals surface area (Å²) in [5.41, 5.74) is 0.115. The number of benzene rings is 1. The fourth-order valence-corrected chi connectivity index (χ4v) is 2.56. The van der Waals surface area contributed by atoms with Crippen molar-refractivity contribution in [2.75, 3.05) is 18.0 Å². The van der Waals surface area contributed by atoms with Crippen LogP contribution in [-0.2, 0) is 9.59 Å². The monoisotopic (exact) mass is 326 g/mol. The number of anilines is 1. The van der Waals surface area contributed by atoms with Crippen molar-refractivity contribution in [1.29, 1.82) is 0 Å². The molecule has 2 amide bonds. The molecule has 2 atom stereocenters. The molecule has 0 aromatic heterocycles. The van der Waals surface area contributed by atoms with Crippen LogP contribution < -0.4 is 10.2 Å². The summed E-state index contributed by atoms with van der Waals surface area (Å²) in [5, 5.41) is 12.1. The Bertz CT molecular complexity index is 574. The van der Waals surface area contributed by atoms with E-state index in [1.807, 2.05) is 6.92 Å². The molecule has 23 heavy (non-hydrogen) atoms. The molecular formula is C16H20F2N2O3. The minimum absolute atomic E-state index is 0.115. The van der Waals surface area contributed by atoms with Crippen molar-refractivity contribution in [3.05, 3.63) is 29.8 Å². The highest BCUT2D eigenvalue weighted by Gasteiger charge is 2.37. The maximum absolute atomic E-state index is 13.3. The van der Waals surface area contributed by atoms with Crippen molar-refractivity contribution >= 4 is 17.5 Å². The Morgan fingerprint density at radius 1 is 1.39 bits per heavy atom. The summed E-state index contributed by atoms with van der Waals surface area (Å²) < 4.78 is 26.5. The van der Waals surface area contributed by atoms with Crippen molar-refractivity contribution in [1.82, 2.24) is 5.32 Å². The molecule has 0 radical (unpaired) electrons. The average Bonchev–Trinajstić information content (AvgIpc) is 2.87. The summed E-state index contributed by atoms with van der Waals surface area (Å²) in [7, 11) is 0. The van der Waals surface area contributed by atoms with Gasteiger partial charge in [-0.1, -0.05) is 6.92 Å². The van der Waals surface area contributed by atoms with Gasteiger partial charge in [0.05, 0.1) is 6.10 Å². The molecule has 0 spiro atoms. The van der Waals surface area contributed by atoms with Crippen LogP contribution in [0.5, 0.6) is 0 Å². The topological polar surface area (TPSA) is 69.6 Å². The van der Waals surface area contributed by atoms with E-state index in [4.69, 9.17) is 0 Å². The first-order valence-corrected chi connectivity index (χ1v) is 7.65. The smallest absolute Gasteiger partial charge is 0.239 e. The van der Waals surface area contributed by atoms with E-state index >= 15 is 0 Å². The molecule has 0 bridgehead atoms. The van der Waals surface area contributed by atoms with Crippen LogP contribution >= 0.6 is 0 Å². The van der Waals surface area contributed by atoms with E-state index < -0.39 is 35.5 Å². The number of aliphatic hydroxyl groups excluding tert-OH is 1. The second-order valence-corrected chi connectivity index (χ2v) is 5.60. The lowest BCUT2D eigenvalue weighted by molar-refractivity contribution is -0.132. The molecule has 0 aliphatic carbocycles. The fraction of sp³-hybridized carbons (Fsp3) is 0.500. The third kappa shape index (κ3) is 4.25. The molecule has 1 aromatic rings. The summed E-state index contributed by atoms with van der Waals surface area (Å²) in [4.78, 5) is 25.6. The molecular weight excluding hydrogens is 306 g/mol. The van der Waals surface area contributed by atoms with Crippen LogP contribution in [0, 0.1) is 17.6 Å². The molecule has 1 aromatic carbocycles. The summed E-state index contributed by atoms with van der Waals surface area (Å²) in [6, 6.07) is 2.87. The Hall–Kier alpha value is -2.02. The second-order valence-electron chi connectivity index (χ2n) is 5.60. The number of nitrogens with one attached hydrogen (secondary N) is 1. The molecule has 126 valence electrons. The van der Waals surface area contributed by atoms with E-state index in [2.05, 4.69) is 5.32 Å². The van der Waals surface area contributed by atoms with Crippen LogP contribution in [0.15, 0.2) is 18.2 Å². The Morgan fingerprint density at radius 3 is 2.65 bits per heavy atom. The summed E-state index contributed by atoms with van der Waals surface area (Å²) in [6.07, 6.45) is 0.819. The summed E-state index contributed by atoms with van der Waals surface area (Å²) >= 11 is 0. The fourth-order valence-electron chi connectivity index (χ4n) is 2.56. The van der Waals surface area contributed by atoms with Gasteiger partial charge in [-0.2, -0.15) is 0 Å². The molecule has 5 nitrogen and oxygen atoms in total. The van der Waals surface area contributed by atoms with E-state index in [0.717, 1.165) is 18.2 Å². The van der Waals surface area contributed by atoms with Crippen LogP contribution in [0.1, 0.15) is 26.2 Å². The largest absolute Gasteiger partial charge is 0.393 e. The molecule has 1 saturated heterocycles. The van der Waals surface area contributed by atoms with Crippen molar-refractivity contribution in [2.45, 2.75) is 32.3 Å². The van der Waals surface area contributed by atoms with Crippen LogP contribution in [0.4, 0.5) is 14.5 Å². The Morgan fingerprint density at radius 2 is 2.04 bits per heavy atom. The van der Waals surface area contributed by atoms with Gasteiger partial charge in [0.25, 0.3) is 0 Å². The van der Waals surface area contributed by atoms with Gasteiger partial charge in [-0.3, -0.25) is 9.59 Å². The first-order chi connectivity index (χ1) is 10.9. The molecule has 2 N–H and O–H groups in total. The van der Waals surface area contributed by atoms with Gasteiger partial charge >= 0.3 is 0 Å². The van der Waals surface area contributed by atoms with Gasteiger partial charge in [-0.15, -0.1) is 0 Å². The number of hydrogen-bond acceptors (Lipinski definition) is 3. The van der Waals surface area contributed by atoms with Crippen molar-refractivity contribution in [3.63, 3.8) is 0 Å². The molecule has 1 aliphatic heterocycles. The number of halogens is 2. The second kappa shape index (κ2) is 7.50. The highest BCUT2D eigenvalue weighted by Crippen LogP contribution is 2.26. The van der Waals surface area contributed by atoms with E-state index in [9.17, 15) is 23.5 Å². The van der Waals surface area contributed by atoms with Gasteiger partial charge in [-0.25, -0.2) is 8.78 Å². The number of carbonyl (C=O) groups excluding carboxylic acids is 2. The van der Waals surface area contributed by atoms with E-state index in [-0.39, 0.29) is 18.8 Å². The Kier molecular flexibility index (Phi) is 5.65. The third-order valence-corrected chi connectivity index (χ3v) is 3.93. The van der Waals surface area contributed by atoms with Crippen molar-refractivity contribution in [2.24, 2.45) is 5.92 Å². The molecule has 0 saturated carbocycles. The quantitative estimate of drug-likeness (QED) is 0.780. The molecule has 1 fully saturated rings. The van der Waals surface area contributed by atoms with Crippen LogP contribution in [-0.4, -0.2) is 36.1 Å². The lowest BCUT2D eigenvalue weighted by Gasteiger charge is -2.17. The normalized spacial score (nSPS) is 19.0. The summed E-state index contributed by atoms with van der Waals surface area (Å²) in [6.45, 7) is 2.35. The first kappa shape index (κ1) is 17.3. The first-order valence-electron chi connectivity index (χ1n) is 7.65. The number of rotatable bonds is 6. The van der Waals surface area contributed by atoms with E-state index in [1.165, 1.54) is 4.90 Å². The summed E-state index contributed by atoms with van der Waals surface area (Å²) in [5.74, 6) is -3.29. The highest BCUT2D eigenvalue weighted by molar-refractivity contribution is 6.09. The van der Waals surface area contributed by atoms with Crippen molar-refractivity contribution in [3.8, 4) is 0 Å². The maximum Gasteiger partial charge on any atom is 0.239 e. The van der Waals surface area contributed by atoms with Crippen molar-refractivity contribution < 1.29 is 23.5 Å². The zero-order chi connectivity index (χ0) is 17.0. The van der Waals surface area contributed by atoms with Crippen LogP contribution in [0.25, 0.3) is 0 Å². The van der Waals surface area contributed by atoms with Gasteiger partial charge < -0.3 is 15.3 Å². The Labute approximate surface area is 133 Å². The zero-order valence-electron chi connectivity index (χ0n) is 12.9. The number of nitrogens with zero attached hydrogens (tertiary/aromatic N) is 1. The molecule has 7 heteroatoms. The minimum atomic E-state index is -0.861. The molecule has 1 heterocycles. The predicted octanol–water partition coefficient (Wildman–Crippen LogP) is 1.59. The predicted molar refractivity (Wildman–Crippen MR) is 80.7 cm³/mol. The minimum Gasteiger partial charge on any atom is -0.393 e. The molecule has 2 unspecified atom stereocenters. The Balaban J connectivity index is 1.97. The lowest BCUT2D eigenvalue weighted by atomic mass is 10.1. The van der Waals surface area contributed by atoms with Gasteiger partial charge in [0.1, 0.15) is 17.6 Å².